The third-order valence-corrected chi connectivity index (χ3v) is 3.31. The van der Waals surface area contributed by atoms with Crippen LogP contribution in [-0.2, 0) is 4.79 Å². The van der Waals surface area contributed by atoms with Gasteiger partial charge in [-0.3, -0.25) is 4.79 Å². The van der Waals surface area contributed by atoms with Crippen LogP contribution in [0, 0.1) is 11.8 Å². The minimum atomic E-state index is 0.210. The van der Waals surface area contributed by atoms with E-state index in [1.165, 1.54) is 0 Å². The predicted octanol–water partition coefficient (Wildman–Crippen LogP) is 1.49. The maximum absolute atomic E-state index is 12.2. The van der Waals surface area contributed by atoms with E-state index >= 15 is 0 Å². The van der Waals surface area contributed by atoms with Gasteiger partial charge in [-0.2, -0.15) is 0 Å². The minimum Gasteiger partial charge on any atom is -0.343 e. The van der Waals surface area contributed by atoms with Crippen molar-refractivity contribution in [3.63, 3.8) is 0 Å². The number of rotatable bonds is 5. The zero-order chi connectivity index (χ0) is 11.3. The number of nitrogens with one attached hydrogen (secondary N) is 1. The van der Waals surface area contributed by atoms with Crippen LogP contribution in [0.2, 0.25) is 0 Å². The molecular weight excluding hydrogens is 188 g/mol. The molecule has 0 bridgehead atoms. The van der Waals surface area contributed by atoms with Crippen molar-refractivity contribution in [3.8, 4) is 0 Å². The topological polar surface area (TPSA) is 32.3 Å². The van der Waals surface area contributed by atoms with Crippen molar-refractivity contribution in [3.05, 3.63) is 0 Å². The van der Waals surface area contributed by atoms with Gasteiger partial charge in [0.2, 0.25) is 5.91 Å². The fraction of sp³-hybridized carbons (Fsp3) is 0.917. The number of amides is 1. The van der Waals surface area contributed by atoms with E-state index in [-0.39, 0.29) is 5.92 Å². The Balaban J connectivity index is 2.48. The van der Waals surface area contributed by atoms with Crippen molar-refractivity contribution < 1.29 is 4.79 Å². The average molecular weight is 212 g/mol. The lowest BCUT2D eigenvalue weighted by atomic mass is 9.96. The molecule has 1 amide bonds. The normalized spacial score (nSPS) is 25.5. The van der Waals surface area contributed by atoms with Crippen LogP contribution in [0.3, 0.4) is 0 Å². The maximum atomic E-state index is 12.2. The summed E-state index contributed by atoms with van der Waals surface area (Å²) in [6.07, 6.45) is 2.27. The third kappa shape index (κ3) is 3.20. The zero-order valence-corrected chi connectivity index (χ0v) is 10.3. The van der Waals surface area contributed by atoms with Gasteiger partial charge in [-0.15, -0.1) is 0 Å². The minimum absolute atomic E-state index is 0.210. The number of carbonyl (C=O) groups excluding carboxylic acids is 1. The molecule has 0 spiro atoms. The molecule has 0 aromatic carbocycles. The summed E-state index contributed by atoms with van der Waals surface area (Å²) in [5.41, 5.74) is 0. The Kier molecular flexibility index (Phi) is 5.09. The van der Waals surface area contributed by atoms with Crippen molar-refractivity contribution in [1.82, 2.24) is 10.2 Å². The second kappa shape index (κ2) is 6.11. The van der Waals surface area contributed by atoms with Gasteiger partial charge in [0.1, 0.15) is 0 Å². The zero-order valence-electron chi connectivity index (χ0n) is 10.3. The van der Waals surface area contributed by atoms with Gasteiger partial charge in [-0.05, 0) is 25.8 Å². The molecule has 1 aliphatic heterocycles. The summed E-state index contributed by atoms with van der Waals surface area (Å²) in [6.45, 7) is 10.0. The SMILES string of the molecule is CCCCN(CC)C(=O)C1CNCC1C. The molecule has 88 valence electrons. The monoisotopic (exact) mass is 212 g/mol. The van der Waals surface area contributed by atoms with E-state index < -0.39 is 0 Å². The second-order valence-electron chi connectivity index (χ2n) is 4.51. The van der Waals surface area contributed by atoms with Gasteiger partial charge in [0, 0.05) is 19.6 Å². The smallest absolute Gasteiger partial charge is 0.227 e. The number of carbonyl (C=O) groups is 1. The van der Waals surface area contributed by atoms with Gasteiger partial charge in [0.15, 0.2) is 0 Å². The van der Waals surface area contributed by atoms with Crippen molar-refractivity contribution >= 4 is 5.91 Å². The Morgan fingerprint density at radius 1 is 1.40 bits per heavy atom. The van der Waals surface area contributed by atoms with Gasteiger partial charge >= 0.3 is 0 Å². The van der Waals surface area contributed by atoms with Crippen molar-refractivity contribution in [2.75, 3.05) is 26.2 Å². The van der Waals surface area contributed by atoms with Crippen LogP contribution in [0.1, 0.15) is 33.6 Å². The highest BCUT2D eigenvalue weighted by Crippen LogP contribution is 2.18. The lowest BCUT2D eigenvalue weighted by Gasteiger charge is -2.25. The van der Waals surface area contributed by atoms with Gasteiger partial charge < -0.3 is 10.2 Å². The molecule has 0 saturated carbocycles. The molecule has 0 radical (unpaired) electrons. The van der Waals surface area contributed by atoms with Crippen LogP contribution >= 0.6 is 0 Å². The Morgan fingerprint density at radius 3 is 2.60 bits per heavy atom. The Morgan fingerprint density at radius 2 is 2.13 bits per heavy atom. The summed E-state index contributed by atoms with van der Waals surface area (Å²) in [5.74, 6) is 1.05. The molecule has 1 aliphatic rings. The lowest BCUT2D eigenvalue weighted by molar-refractivity contribution is -0.135. The summed E-state index contributed by atoms with van der Waals surface area (Å²) in [7, 11) is 0. The van der Waals surface area contributed by atoms with E-state index in [1.807, 2.05) is 4.90 Å². The van der Waals surface area contributed by atoms with Gasteiger partial charge in [0.05, 0.1) is 5.92 Å². The first-order valence-corrected chi connectivity index (χ1v) is 6.20. The molecule has 3 nitrogen and oxygen atoms in total. The van der Waals surface area contributed by atoms with E-state index in [0.717, 1.165) is 39.0 Å². The van der Waals surface area contributed by atoms with E-state index in [4.69, 9.17) is 0 Å². The van der Waals surface area contributed by atoms with Crippen molar-refractivity contribution in [2.24, 2.45) is 11.8 Å². The molecule has 0 aromatic heterocycles. The number of hydrogen-bond donors (Lipinski definition) is 1. The Hall–Kier alpha value is -0.570. The highest BCUT2D eigenvalue weighted by atomic mass is 16.2. The molecule has 1 fully saturated rings. The molecule has 2 unspecified atom stereocenters. The number of nitrogens with zero attached hydrogens (tertiary/aromatic N) is 1. The average Bonchev–Trinajstić information content (AvgIpc) is 2.65. The fourth-order valence-electron chi connectivity index (χ4n) is 2.15. The predicted molar refractivity (Wildman–Crippen MR) is 62.7 cm³/mol. The summed E-state index contributed by atoms with van der Waals surface area (Å²) in [6, 6.07) is 0. The quantitative estimate of drug-likeness (QED) is 0.749. The fourth-order valence-corrected chi connectivity index (χ4v) is 2.15. The first-order valence-electron chi connectivity index (χ1n) is 6.20. The standard InChI is InChI=1S/C12H24N2O/c1-4-6-7-14(5-2)12(15)11-9-13-8-10(11)3/h10-11,13H,4-9H2,1-3H3. The number of hydrogen-bond acceptors (Lipinski definition) is 2. The van der Waals surface area contributed by atoms with E-state index in [9.17, 15) is 4.79 Å². The first kappa shape index (κ1) is 12.5. The van der Waals surface area contributed by atoms with E-state index in [1.54, 1.807) is 0 Å². The highest BCUT2D eigenvalue weighted by molar-refractivity contribution is 5.79. The van der Waals surface area contributed by atoms with Crippen LogP contribution in [0.4, 0.5) is 0 Å². The summed E-state index contributed by atoms with van der Waals surface area (Å²) < 4.78 is 0. The van der Waals surface area contributed by atoms with Crippen LogP contribution in [-0.4, -0.2) is 37.0 Å². The largest absolute Gasteiger partial charge is 0.343 e. The van der Waals surface area contributed by atoms with Crippen molar-refractivity contribution in [1.29, 1.82) is 0 Å². The molecule has 3 heteroatoms. The van der Waals surface area contributed by atoms with Gasteiger partial charge in [0.25, 0.3) is 0 Å². The van der Waals surface area contributed by atoms with Crippen molar-refractivity contribution in [2.45, 2.75) is 33.6 Å². The molecule has 0 aliphatic carbocycles. The van der Waals surface area contributed by atoms with Crippen LogP contribution < -0.4 is 5.32 Å². The molecule has 1 heterocycles. The lowest BCUT2D eigenvalue weighted by Crippen LogP contribution is -2.39. The number of unbranched alkanes of at least 4 members (excludes halogenated alkanes) is 1. The maximum Gasteiger partial charge on any atom is 0.227 e. The van der Waals surface area contributed by atoms with E-state index in [2.05, 4.69) is 26.1 Å². The molecular formula is C12H24N2O. The Labute approximate surface area is 93.2 Å². The molecule has 15 heavy (non-hydrogen) atoms. The van der Waals surface area contributed by atoms with Gasteiger partial charge in [-0.1, -0.05) is 20.3 Å². The van der Waals surface area contributed by atoms with E-state index in [0.29, 0.717) is 11.8 Å². The summed E-state index contributed by atoms with van der Waals surface area (Å²) >= 11 is 0. The third-order valence-electron chi connectivity index (χ3n) is 3.31. The molecule has 2 atom stereocenters. The molecule has 1 saturated heterocycles. The van der Waals surface area contributed by atoms with Crippen LogP contribution in [0.5, 0.6) is 0 Å². The highest BCUT2D eigenvalue weighted by Gasteiger charge is 2.31. The summed E-state index contributed by atoms with van der Waals surface area (Å²) in [5, 5.41) is 3.29. The van der Waals surface area contributed by atoms with Crippen LogP contribution in [0.25, 0.3) is 0 Å². The summed E-state index contributed by atoms with van der Waals surface area (Å²) in [4.78, 5) is 14.2. The second-order valence-corrected chi connectivity index (χ2v) is 4.51. The first-order chi connectivity index (χ1) is 7.20. The molecule has 1 rings (SSSR count). The van der Waals surface area contributed by atoms with Gasteiger partial charge in [-0.25, -0.2) is 0 Å². The molecule has 1 N–H and O–H groups in total. The van der Waals surface area contributed by atoms with Crippen LogP contribution in [0.15, 0.2) is 0 Å². The molecule has 0 aromatic rings. The Bertz CT molecular complexity index is 206.